The number of amides is 1. The van der Waals surface area contributed by atoms with Crippen molar-refractivity contribution in [3.8, 4) is 28.3 Å². The van der Waals surface area contributed by atoms with Crippen LogP contribution in [0.5, 0.6) is 0 Å². The lowest BCUT2D eigenvalue weighted by molar-refractivity contribution is 0.0823. The molecule has 0 aliphatic rings. The maximum atomic E-state index is 13.2. The number of imidazole rings is 1. The predicted molar refractivity (Wildman–Crippen MR) is 127 cm³/mol. The Hall–Kier alpha value is -3.08. The second-order valence-corrected chi connectivity index (χ2v) is 8.35. The van der Waals surface area contributed by atoms with Crippen LogP contribution < -0.4 is 0 Å². The molecule has 1 heterocycles. The first-order chi connectivity index (χ1) is 14.9. The number of halogens is 2. The van der Waals surface area contributed by atoms with Gasteiger partial charge in [-0.3, -0.25) is 9.36 Å². The van der Waals surface area contributed by atoms with Crippen molar-refractivity contribution in [2.75, 3.05) is 14.1 Å². The van der Waals surface area contributed by atoms with Crippen molar-refractivity contribution in [3.05, 3.63) is 94.1 Å². The van der Waals surface area contributed by atoms with Crippen LogP contribution in [-0.4, -0.2) is 34.5 Å². The van der Waals surface area contributed by atoms with Crippen molar-refractivity contribution in [1.29, 1.82) is 0 Å². The van der Waals surface area contributed by atoms with Crippen LogP contribution in [0.15, 0.2) is 72.8 Å². The zero-order valence-corrected chi connectivity index (χ0v) is 18.9. The number of rotatable bonds is 4. The van der Waals surface area contributed by atoms with E-state index >= 15 is 0 Å². The van der Waals surface area contributed by atoms with E-state index in [2.05, 4.69) is 0 Å². The molecule has 0 bridgehead atoms. The number of hydrogen-bond acceptors (Lipinski definition) is 2. The quantitative estimate of drug-likeness (QED) is 0.355. The van der Waals surface area contributed by atoms with Gasteiger partial charge in [0.25, 0.3) is 5.91 Å². The van der Waals surface area contributed by atoms with Crippen molar-refractivity contribution in [1.82, 2.24) is 14.5 Å². The Morgan fingerprint density at radius 3 is 2.23 bits per heavy atom. The van der Waals surface area contributed by atoms with Gasteiger partial charge in [-0.2, -0.15) is 0 Å². The molecule has 0 aliphatic heterocycles. The molecule has 0 fully saturated rings. The van der Waals surface area contributed by atoms with Gasteiger partial charge in [-0.05, 0) is 36.8 Å². The first-order valence-corrected chi connectivity index (χ1v) is 10.5. The van der Waals surface area contributed by atoms with E-state index in [4.69, 9.17) is 28.2 Å². The Balaban J connectivity index is 2.16. The highest BCUT2D eigenvalue weighted by Crippen LogP contribution is 2.36. The van der Waals surface area contributed by atoms with Gasteiger partial charge in [-0.25, -0.2) is 4.98 Å². The summed E-state index contributed by atoms with van der Waals surface area (Å²) in [5.41, 5.74) is 4.57. The molecule has 1 aromatic heterocycles. The monoisotopic (exact) mass is 449 g/mol. The van der Waals surface area contributed by atoms with Gasteiger partial charge in [0.1, 0.15) is 5.82 Å². The van der Waals surface area contributed by atoms with Crippen LogP contribution in [0.3, 0.4) is 0 Å². The van der Waals surface area contributed by atoms with Gasteiger partial charge in [0.15, 0.2) is 5.69 Å². The average molecular weight is 450 g/mol. The molecule has 0 atom stereocenters. The number of aromatic nitrogens is 2. The highest BCUT2D eigenvalue weighted by atomic mass is 35.5. The Morgan fingerprint density at radius 2 is 1.55 bits per heavy atom. The lowest BCUT2D eigenvalue weighted by Crippen LogP contribution is -2.23. The minimum atomic E-state index is -0.189. The van der Waals surface area contributed by atoms with Crippen LogP contribution in [-0.2, 0) is 0 Å². The number of benzene rings is 3. The Bertz CT molecular complexity index is 1260. The van der Waals surface area contributed by atoms with E-state index in [1.54, 1.807) is 14.1 Å². The van der Waals surface area contributed by atoms with Gasteiger partial charge in [0, 0.05) is 35.3 Å². The van der Waals surface area contributed by atoms with Gasteiger partial charge in [0.2, 0.25) is 0 Å². The van der Waals surface area contributed by atoms with E-state index in [0.29, 0.717) is 27.3 Å². The summed E-state index contributed by atoms with van der Waals surface area (Å²) in [4.78, 5) is 19.6. The third-order valence-electron chi connectivity index (χ3n) is 5.03. The van der Waals surface area contributed by atoms with Gasteiger partial charge in [-0.1, -0.05) is 71.7 Å². The van der Waals surface area contributed by atoms with Gasteiger partial charge >= 0.3 is 0 Å². The number of carbonyl (C=O) groups is 1. The fourth-order valence-corrected chi connectivity index (χ4v) is 3.88. The summed E-state index contributed by atoms with van der Waals surface area (Å²) in [6.07, 6.45) is 0. The molecule has 4 aromatic rings. The maximum absolute atomic E-state index is 13.2. The Labute approximate surface area is 191 Å². The van der Waals surface area contributed by atoms with Crippen molar-refractivity contribution in [2.45, 2.75) is 6.92 Å². The fraction of sp³-hybridized carbons (Fsp3) is 0.120. The van der Waals surface area contributed by atoms with Crippen LogP contribution >= 0.6 is 23.2 Å². The summed E-state index contributed by atoms with van der Waals surface area (Å²) in [5.74, 6) is 0.469. The summed E-state index contributed by atoms with van der Waals surface area (Å²) < 4.78 is 2.00. The molecule has 4 nitrogen and oxygen atoms in total. The molecule has 0 unspecified atom stereocenters. The average Bonchev–Trinajstić information content (AvgIpc) is 3.15. The Morgan fingerprint density at radius 1 is 0.871 bits per heavy atom. The summed E-state index contributed by atoms with van der Waals surface area (Å²) in [6, 6.07) is 23.0. The van der Waals surface area contributed by atoms with Gasteiger partial charge in [0.05, 0.1) is 11.4 Å². The number of hydrogen-bond donors (Lipinski definition) is 0. The van der Waals surface area contributed by atoms with E-state index in [1.165, 1.54) is 4.90 Å². The molecule has 0 saturated carbocycles. The molecule has 0 saturated heterocycles. The molecule has 156 valence electrons. The highest BCUT2D eigenvalue weighted by molar-refractivity contribution is 6.31. The van der Waals surface area contributed by atoms with Crippen LogP contribution in [0.1, 0.15) is 16.1 Å². The highest BCUT2D eigenvalue weighted by Gasteiger charge is 2.27. The molecule has 31 heavy (non-hydrogen) atoms. The minimum Gasteiger partial charge on any atom is -0.343 e. The predicted octanol–water partition coefficient (Wildman–Crippen LogP) is 6.52. The molecule has 0 N–H and O–H groups in total. The first kappa shape index (κ1) is 21.2. The molecule has 3 aromatic carbocycles. The third kappa shape index (κ3) is 4.09. The minimum absolute atomic E-state index is 0.189. The zero-order chi connectivity index (χ0) is 22.1. The normalized spacial score (nSPS) is 10.9. The van der Waals surface area contributed by atoms with Crippen LogP contribution in [0.25, 0.3) is 28.3 Å². The molecule has 0 spiro atoms. The third-order valence-corrected chi connectivity index (χ3v) is 5.50. The number of nitrogens with zero attached hydrogens (tertiary/aromatic N) is 3. The van der Waals surface area contributed by atoms with Crippen LogP contribution in [0.2, 0.25) is 10.0 Å². The zero-order valence-electron chi connectivity index (χ0n) is 17.4. The smallest absolute Gasteiger partial charge is 0.274 e. The largest absolute Gasteiger partial charge is 0.343 e. The summed E-state index contributed by atoms with van der Waals surface area (Å²) in [6.45, 7) is 2.01. The van der Waals surface area contributed by atoms with E-state index in [9.17, 15) is 4.79 Å². The standard InChI is InChI=1S/C25H21Cl2N3O/c1-16-12-13-20(27)15-21(16)30-23(18-10-7-11-19(26)14-18)22(25(31)29(2)3)28-24(30)17-8-5-4-6-9-17/h4-15H,1-3H3. The molecular formula is C25H21Cl2N3O. The Kier molecular flexibility index (Phi) is 5.86. The van der Waals surface area contributed by atoms with Crippen LogP contribution in [0.4, 0.5) is 0 Å². The van der Waals surface area contributed by atoms with E-state index < -0.39 is 0 Å². The molecule has 0 radical (unpaired) electrons. The van der Waals surface area contributed by atoms with Crippen molar-refractivity contribution >= 4 is 29.1 Å². The molecule has 0 aliphatic carbocycles. The second kappa shape index (κ2) is 8.58. The van der Waals surface area contributed by atoms with Crippen LogP contribution in [0, 0.1) is 6.92 Å². The topological polar surface area (TPSA) is 38.1 Å². The van der Waals surface area contributed by atoms with Crippen molar-refractivity contribution < 1.29 is 4.79 Å². The lowest BCUT2D eigenvalue weighted by atomic mass is 10.1. The SMILES string of the molecule is Cc1ccc(Cl)cc1-n1c(-c2ccccc2)nc(C(=O)N(C)C)c1-c1cccc(Cl)c1. The van der Waals surface area contributed by atoms with Crippen molar-refractivity contribution in [2.24, 2.45) is 0 Å². The fourth-order valence-electron chi connectivity index (χ4n) is 3.52. The summed E-state index contributed by atoms with van der Waals surface area (Å²) >= 11 is 12.7. The van der Waals surface area contributed by atoms with E-state index in [1.807, 2.05) is 84.3 Å². The maximum Gasteiger partial charge on any atom is 0.274 e. The summed E-state index contributed by atoms with van der Waals surface area (Å²) in [7, 11) is 3.44. The van der Waals surface area contributed by atoms with E-state index in [0.717, 1.165) is 22.4 Å². The number of aryl methyl sites for hydroxylation is 1. The molecule has 6 heteroatoms. The lowest BCUT2D eigenvalue weighted by Gasteiger charge is -2.17. The second-order valence-electron chi connectivity index (χ2n) is 7.47. The summed E-state index contributed by atoms with van der Waals surface area (Å²) in [5, 5.41) is 1.18. The molecule has 1 amide bonds. The molecule has 4 rings (SSSR count). The molecular weight excluding hydrogens is 429 g/mol. The van der Waals surface area contributed by atoms with Crippen molar-refractivity contribution in [3.63, 3.8) is 0 Å². The first-order valence-electron chi connectivity index (χ1n) is 9.79. The van der Waals surface area contributed by atoms with Gasteiger partial charge in [-0.15, -0.1) is 0 Å². The van der Waals surface area contributed by atoms with Gasteiger partial charge < -0.3 is 4.90 Å². The van der Waals surface area contributed by atoms with E-state index in [-0.39, 0.29) is 5.91 Å². The number of carbonyl (C=O) groups excluding carboxylic acids is 1.